The fraction of sp³-hybridized carbons (Fsp3) is 0.877. The maximum atomic E-state index is 12.9. The molecule has 1 aromatic heterocycles. The monoisotopic (exact) mass is 1470 g/mol. The number of aliphatic hydroxyl groups excluding tert-OH is 24. The van der Waals surface area contributed by atoms with Crippen molar-refractivity contribution in [3.8, 4) is 0 Å². The SMILES string of the molecule is CC(=O)N[C@H]1[C@H](O[C@@H]([C@H](O)[C@H](CNc2ccccn2)NC(C)=O)[C@H](O)CO)O[C@H](CO)[C@@H](O[C@@H]2O[C@H](CO[C@H]3O[C@H](CO[C@H]4O[C@H](CO)[C@@H](O)[C@H](O)[C@@H]4O)[C@@H](O)[C@H](O[C@H]4O[C@H](CO)[C@@H](O)[C@H](O)[C@@H]4O[C@H]4O[C@H](CO)[C@@H](O)[C@H](O)[C@@H]4O)[C@@H]3O)[C@@H](O)[C@H](O[C@H]3O[C@H](CO)[C@@H](O)[C@H](O)[C@@H]3O)[C@@H]2O)[C@@H]1O. The van der Waals surface area contributed by atoms with Crippen LogP contribution in [0.4, 0.5) is 5.82 Å². The Hall–Kier alpha value is -3.63. The summed E-state index contributed by atoms with van der Waals surface area (Å²) in [6.45, 7) is -6.72. The Bertz CT molecular complexity index is 2660. The highest BCUT2D eigenvalue weighted by atomic mass is 16.8. The third-order valence-electron chi connectivity index (χ3n) is 18.1. The number of carbonyl (C=O) groups is 2. The maximum Gasteiger partial charge on any atom is 0.217 e. The van der Waals surface area contributed by atoms with E-state index in [0.29, 0.717) is 0 Å². The van der Waals surface area contributed by atoms with E-state index in [-0.39, 0.29) is 12.4 Å². The summed E-state index contributed by atoms with van der Waals surface area (Å²) < 4.78 is 81.6. The highest BCUT2D eigenvalue weighted by Gasteiger charge is 2.59. The lowest BCUT2D eigenvalue weighted by Gasteiger charge is -2.50. The van der Waals surface area contributed by atoms with Crippen LogP contribution in [0.15, 0.2) is 24.4 Å². The van der Waals surface area contributed by atoms with Gasteiger partial charge in [0.25, 0.3) is 0 Å². The summed E-state index contributed by atoms with van der Waals surface area (Å²) in [5.41, 5.74) is 0. The lowest BCUT2D eigenvalue weighted by Crippen LogP contribution is -2.69. The Labute approximate surface area is 572 Å². The first-order valence-corrected chi connectivity index (χ1v) is 32.1. The molecule has 0 saturated carbocycles. The van der Waals surface area contributed by atoms with E-state index in [2.05, 4.69) is 20.9 Å². The van der Waals surface area contributed by atoms with E-state index < -0.39 is 304 Å². The largest absolute Gasteiger partial charge is 0.394 e. The summed E-state index contributed by atoms with van der Waals surface area (Å²) in [5, 5.41) is 271. The number of anilines is 1. The van der Waals surface area contributed by atoms with Gasteiger partial charge in [0.1, 0.15) is 195 Å². The van der Waals surface area contributed by atoms with Crippen LogP contribution in [0.5, 0.6) is 0 Å². The van der Waals surface area contributed by atoms with E-state index in [1.165, 1.54) is 6.20 Å². The molecule has 0 radical (unpaired) electrons. The first-order chi connectivity index (χ1) is 47.9. The van der Waals surface area contributed by atoms with E-state index in [1.54, 1.807) is 18.2 Å². The van der Waals surface area contributed by atoms with Crippen LogP contribution in [0.2, 0.25) is 0 Å². The van der Waals surface area contributed by atoms with Crippen molar-refractivity contribution in [3.63, 3.8) is 0 Å². The molecular formula is C57H94N4O40. The fourth-order valence-electron chi connectivity index (χ4n) is 12.4. The summed E-state index contributed by atoms with van der Waals surface area (Å²) >= 11 is 0. The Balaban J connectivity index is 1.10. The quantitative estimate of drug-likeness (QED) is 0.0340. The van der Waals surface area contributed by atoms with Crippen molar-refractivity contribution in [1.82, 2.24) is 15.6 Å². The zero-order valence-electron chi connectivity index (χ0n) is 53.9. The zero-order chi connectivity index (χ0) is 74.2. The molecule has 7 fully saturated rings. The highest BCUT2D eigenvalue weighted by molar-refractivity contribution is 5.73. The minimum Gasteiger partial charge on any atom is -0.394 e. The Morgan fingerprint density at radius 1 is 0.436 bits per heavy atom. The van der Waals surface area contributed by atoms with Gasteiger partial charge in [-0.05, 0) is 12.1 Å². The number of rotatable bonds is 30. The van der Waals surface area contributed by atoms with Crippen LogP contribution in [-0.4, -0.2) is 438 Å². The fourth-order valence-corrected chi connectivity index (χ4v) is 12.4. The van der Waals surface area contributed by atoms with Crippen molar-refractivity contribution in [2.75, 3.05) is 64.7 Å². The van der Waals surface area contributed by atoms with Gasteiger partial charge in [0.2, 0.25) is 11.8 Å². The third kappa shape index (κ3) is 19.2. The second-order valence-electron chi connectivity index (χ2n) is 25.1. The van der Waals surface area contributed by atoms with Crippen molar-refractivity contribution in [2.45, 2.75) is 253 Å². The van der Waals surface area contributed by atoms with Crippen LogP contribution in [0.25, 0.3) is 0 Å². The number of amides is 2. The molecule has 582 valence electrons. The first-order valence-electron chi connectivity index (χ1n) is 32.1. The van der Waals surface area contributed by atoms with Crippen molar-refractivity contribution < 1.29 is 198 Å². The molecule has 7 aliphatic heterocycles. The molecule has 7 aliphatic rings. The molecule has 2 amide bonds. The zero-order valence-corrected chi connectivity index (χ0v) is 53.9. The Morgan fingerprint density at radius 3 is 1.32 bits per heavy atom. The summed E-state index contributed by atoms with van der Waals surface area (Å²) in [6.07, 6.45) is -75.6. The van der Waals surface area contributed by atoms with Crippen molar-refractivity contribution in [2.24, 2.45) is 0 Å². The van der Waals surface area contributed by atoms with Gasteiger partial charge in [0, 0.05) is 26.6 Å². The van der Waals surface area contributed by atoms with E-state index in [9.17, 15) is 132 Å². The van der Waals surface area contributed by atoms with Gasteiger partial charge in [-0.15, -0.1) is 0 Å². The Kier molecular flexibility index (Phi) is 30.6. The molecule has 0 spiro atoms. The second kappa shape index (κ2) is 37.3. The van der Waals surface area contributed by atoms with Gasteiger partial charge in [0.05, 0.1) is 58.9 Å². The van der Waals surface area contributed by atoms with Gasteiger partial charge in [-0.25, -0.2) is 4.98 Å². The number of aromatic nitrogens is 1. The first kappa shape index (κ1) is 83.0. The predicted octanol–water partition coefficient (Wildman–Crippen LogP) is -17.0. The average molecular weight is 1480 g/mol. The van der Waals surface area contributed by atoms with Crippen LogP contribution in [0.3, 0.4) is 0 Å². The molecule has 27 N–H and O–H groups in total. The minimum absolute atomic E-state index is 0.271. The standard InChI is InChI=1S/C57H94N4O40/c1-16(68)60-18(7-59-27-5-3-4-6-58-27)29(71)46(19(70)8-62)97-51-28(61-17(2)69)36(78)47(24(13-67)94-51)98-56-45(87)49(99-54-42(84)38(80)31(73)21(10-64)91-54)35(77)26(96-56)15-89-53-44(86)48(34(76)25(95-53)14-88-52-41(83)37(79)30(72)20(9-63)90-52)100-57-50(40(82)33(75)23(12-66)93-57)101-55-43(85)39(81)32(74)22(11-65)92-55/h3-6,18-26,28-57,62-67,70-87H,7-15H2,1-2H3,(H,58,59)(H,60,68)(H,61,69)/t18-,19+,20+,21+,22+,23+,24+,25+,26+,28+,29+,30+,31+,32+,33+,34+,35+,36+,37-,38-,39-,40-,41-,42-,43-,44-,45-,46+,47+,48-,49-,50-,51-,52-,53-,54+,55+,56-,57+/m0/s1. The summed E-state index contributed by atoms with van der Waals surface area (Å²) in [4.78, 5) is 29.5. The second-order valence-corrected chi connectivity index (χ2v) is 25.1. The molecule has 0 unspecified atom stereocenters. The number of nitrogens with zero attached hydrogens (tertiary/aromatic N) is 1. The lowest BCUT2D eigenvalue weighted by atomic mass is 9.94. The molecule has 39 atom stereocenters. The lowest BCUT2D eigenvalue weighted by molar-refractivity contribution is -0.395. The molecule has 8 rings (SSSR count). The van der Waals surface area contributed by atoms with Gasteiger partial charge >= 0.3 is 0 Å². The smallest absolute Gasteiger partial charge is 0.217 e. The van der Waals surface area contributed by atoms with Gasteiger partial charge in [-0.3, -0.25) is 9.59 Å². The summed E-state index contributed by atoms with van der Waals surface area (Å²) in [7, 11) is 0. The van der Waals surface area contributed by atoms with Crippen LogP contribution >= 0.6 is 0 Å². The highest BCUT2D eigenvalue weighted by Crippen LogP contribution is 2.38. The van der Waals surface area contributed by atoms with Crippen molar-refractivity contribution in [3.05, 3.63) is 24.4 Å². The molecule has 0 bridgehead atoms. The number of aliphatic hydroxyl groups is 24. The number of carbonyl (C=O) groups excluding carboxylic acids is 2. The van der Waals surface area contributed by atoms with Gasteiger partial charge in [-0.1, -0.05) is 6.07 Å². The van der Waals surface area contributed by atoms with Crippen LogP contribution in [0, 0.1) is 0 Å². The molecule has 0 aliphatic carbocycles. The summed E-state index contributed by atoms with van der Waals surface area (Å²) in [6, 6.07) is 1.51. The normalized spacial score (nSPS) is 45.1. The third-order valence-corrected chi connectivity index (χ3v) is 18.1. The summed E-state index contributed by atoms with van der Waals surface area (Å²) in [5.74, 6) is -1.34. The molecule has 44 nitrogen and oxygen atoms in total. The van der Waals surface area contributed by atoms with Crippen LogP contribution in [0.1, 0.15) is 13.8 Å². The van der Waals surface area contributed by atoms with E-state index in [0.717, 1.165) is 13.8 Å². The van der Waals surface area contributed by atoms with Crippen LogP contribution < -0.4 is 16.0 Å². The topological polar surface area (TPSA) is 698 Å². The van der Waals surface area contributed by atoms with Crippen molar-refractivity contribution in [1.29, 1.82) is 0 Å². The molecular weight excluding hydrogens is 1380 g/mol. The van der Waals surface area contributed by atoms with E-state index >= 15 is 0 Å². The van der Waals surface area contributed by atoms with E-state index in [4.69, 9.17) is 66.3 Å². The minimum atomic E-state index is -2.42. The number of ether oxygens (including phenoxy) is 14. The van der Waals surface area contributed by atoms with Crippen LogP contribution in [-0.2, 0) is 75.9 Å². The maximum absolute atomic E-state index is 12.9. The number of nitrogens with one attached hydrogen (secondary N) is 3. The van der Waals surface area contributed by atoms with Gasteiger partial charge in [0.15, 0.2) is 44.0 Å². The van der Waals surface area contributed by atoms with E-state index in [1.807, 2.05) is 0 Å². The Morgan fingerprint density at radius 2 is 0.842 bits per heavy atom. The van der Waals surface area contributed by atoms with Gasteiger partial charge in [-0.2, -0.15) is 0 Å². The van der Waals surface area contributed by atoms with Crippen molar-refractivity contribution >= 4 is 17.6 Å². The molecule has 44 heteroatoms. The van der Waals surface area contributed by atoms with Gasteiger partial charge < -0.3 is 205 Å². The number of pyridine rings is 1. The number of hydrogen-bond donors (Lipinski definition) is 27. The molecule has 8 heterocycles. The molecule has 101 heavy (non-hydrogen) atoms. The average Bonchev–Trinajstić information content (AvgIpc) is 0.776. The predicted molar refractivity (Wildman–Crippen MR) is 315 cm³/mol. The molecule has 1 aromatic rings. The number of hydrogen-bond acceptors (Lipinski definition) is 42. The molecule has 7 saturated heterocycles. The molecule has 0 aromatic carbocycles.